The standard InChI is InChI=1S/C13H15N3O2S2/c1-14-13-8-7-12(9-15-13)20(17,18)16-10-3-5-11(19-2)6-4-10/h3-9,16H,1-2H3,(H,14,15). The largest absolute Gasteiger partial charge is 0.373 e. The Morgan fingerprint density at radius 1 is 1.10 bits per heavy atom. The molecule has 1 aromatic carbocycles. The summed E-state index contributed by atoms with van der Waals surface area (Å²) in [6.07, 6.45) is 3.29. The van der Waals surface area contributed by atoms with Crippen molar-refractivity contribution in [1.82, 2.24) is 4.98 Å². The number of aromatic nitrogens is 1. The summed E-state index contributed by atoms with van der Waals surface area (Å²) < 4.78 is 26.9. The molecule has 1 aromatic heterocycles. The number of sulfonamides is 1. The highest BCUT2D eigenvalue weighted by molar-refractivity contribution is 7.98. The van der Waals surface area contributed by atoms with Crippen molar-refractivity contribution < 1.29 is 8.42 Å². The van der Waals surface area contributed by atoms with Gasteiger partial charge in [-0.15, -0.1) is 11.8 Å². The van der Waals surface area contributed by atoms with E-state index in [9.17, 15) is 8.42 Å². The highest BCUT2D eigenvalue weighted by Gasteiger charge is 2.14. The first-order chi connectivity index (χ1) is 9.55. The molecule has 0 aliphatic heterocycles. The molecular formula is C13H15N3O2S2. The van der Waals surface area contributed by atoms with Gasteiger partial charge in [-0.2, -0.15) is 0 Å². The number of thioether (sulfide) groups is 1. The minimum Gasteiger partial charge on any atom is -0.373 e. The highest BCUT2D eigenvalue weighted by atomic mass is 32.2. The SMILES string of the molecule is CNc1ccc(S(=O)(=O)Nc2ccc(SC)cc2)cn1. The third-order valence-corrected chi connectivity index (χ3v) is 4.76. The lowest BCUT2D eigenvalue weighted by Gasteiger charge is -2.08. The van der Waals surface area contributed by atoms with Crippen LogP contribution in [0, 0.1) is 0 Å². The van der Waals surface area contributed by atoms with E-state index in [0.29, 0.717) is 11.5 Å². The van der Waals surface area contributed by atoms with Crippen LogP contribution in [-0.4, -0.2) is 26.7 Å². The molecule has 0 amide bonds. The molecule has 106 valence electrons. The van der Waals surface area contributed by atoms with Gasteiger partial charge in [-0.05, 0) is 42.7 Å². The van der Waals surface area contributed by atoms with Crippen LogP contribution in [0.4, 0.5) is 11.5 Å². The summed E-state index contributed by atoms with van der Waals surface area (Å²) in [6, 6.07) is 10.3. The summed E-state index contributed by atoms with van der Waals surface area (Å²) in [5.74, 6) is 0.619. The van der Waals surface area contributed by atoms with Crippen LogP contribution in [-0.2, 0) is 10.0 Å². The minimum atomic E-state index is -3.60. The number of nitrogens with zero attached hydrogens (tertiary/aromatic N) is 1. The van der Waals surface area contributed by atoms with Gasteiger partial charge in [0, 0.05) is 23.8 Å². The summed E-state index contributed by atoms with van der Waals surface area (Å²) in [7, 11) is -1.88. The lowest BCUT2D eigenvalue weighted by Crippen LogP contribution is -2.13. The monoisotopic (exact) mass is 309 g/mol. The second-order valence-electron chi connectivity index (χ2n) is 3.96. The molecule has 0 saturated carbocycles. The molecular weight excluding hydrogens is 294 g/mol. The normalized spacial score (nSPS) is 11.1. The summed E-state index contributed by atoms with van der Waals surface area (Å²) >= 11 is 1.60. The van der Waals surface area contributed by atoms with Crippen LogP contribution in [0.2, 0.25) is 0 Å². The quantitative estimate of drug-likeness (QED) is 0.831. The summed E-state index contributed by atoms with van der Waals surface area (Å²) in [6.45, 7) is 0. The van der Waals surface area contributed by atoms with E-state index in [4.69, 9.17) is 0 Å². The van der Waals surface area contributed by atoms with Crippen molar-refractivity contribution in [2.24, 2.45) is 0 Å². The third-order valence-electron chi connectivity index (χ3n) is 2.65. The van der Waals surface area contributed by atoms with E-state index in [2.05, 4.69) is 15.0 Å². The average molecular weight is 309 g/mol. The maximum atomic E-state index is 12.2. The maximum Gasteiger partial charge on any atom is 0.263 e. The van der Waals surface area contributed by atoms with Crippen LogP contribution < -0.4 is 10.0 Å². The van der Waals surface area contributed by atoms with Crippen LogP contribution in [0.1, 0.15) is 0 Å². The van der Waals surface area contributed by atoms with E-state index in [1.807, 2.05) is 18.4 Å². The van der Waals surface area contributed by atoms with E-state index < -0.39 is 10.0 Å². The summed E-state index contributed by atoms with van der Waals surface area (Å²) in [5, 5.41) is 2.84. The zero-order valence-electron chi connectivity index (χ0n) is 11.1. The topological polar surface area (TPSA) is 71.1 Å². The number of hydrogen-bond donors (Lipinski definition) is 2. The molecule has 5 nitrogen and oxygen atoms in total. The van der Waals surface area contributed by atoms with Crippen LogP contribution in [0.25, 0.3) is 0 Å². The number of benzene rings is 1. The zero-order chi connectivity index (χ0) is 14.6. The second kappa shape index (κ2) is 6.15. The van der Waals surface area contributed by atoms with Gasteiger partial charge in [0.2, 0.25) is 0 Å². The first kappa shape index (κ1) is 14.7. The Morgan fingerprint density at radius 2 is 1.80 bits per heavy atom. The second-order valence-corrected chi connectivity index (χ2v) is 6.53. The lowest BCUT2D eigenvalue weighted by molar-refractivity contribution is 0.601. The molecule has 0 unspecified atom stereocenters. The summed E-state index contributed by atoms with van der Waals surface area (Å²) in [5.41, 5.74) is 0.528. The summed E-state index contributed by atoms with van der Waals surface area (Å²) in [4.78, 5) is 5.21. The zero-order valence-corrected chi connectivity index (χ0v) is 12.8. The smallest absolute Gasteiger partial charge is 0.263 e. The molecule has 2 N–H and O–H groups in total. The molecule has 0 atom stereocenters. The van der Waals surface area contributed by atoms with Gasteiger partial charge in [-0.1, -0.05) is 0 Å². The van der Waals surface area contributed by atoms with E-state index >= 15 is 0 Å². The molecule has 0 aliphatic rings. The van der Waals surface area contributed by atoms with Gasteiger partial charge in [-0.3, -0.25) is 4.72 Å². The number of hydrogen-bond acceptors (Lipinski definition) is 5. The number of anilines is 2. The van der Waals surface area contributed by atoms with Crippen LogP contribution >= 0.6 is 11.8 Å². The molecule has 0 aliphatic carbocycles. The minimum absolute atomic E-state index is 0.130. The number of pyridine rings is 1. The first-order valence-corrected chi connectivity index (χ1v) is 8.56. The average Bonchev–Trinajstić information content (AvgIpc) is 2.48. The van der Waals surface area contributed by atoms with Crippen LogP contribution in [0.15, 0.2) is 52.4 Å². The lowest BCUT2D eigenvalue weighted by atomic mass is 10.3. The molecule has 1 heterocycles. The molecule has 20 heavy (non-hydrogen) atoms. The molecule has 0 bridgehead atoms. The molecule has 2 aromatic rings. The van der Waals surface area contributed by atoms with Gasteiger partial charge in [0.15, 0.2) is 0 Å². The van der Waals surface area contributed by atoms with Crippen molar-refractivity contribution in [1.29, 1.82) is 0 Å². The Balaban J connectivity index is 2.20. The molecule has 0 radical (unpaired) electrons. The Hall–Kier alpha value is -1.73. The number of rotatable bonds is 5. The van der Waals surface area contributed by atoms with Gasteiger partial charge in [0.25, 0.3) is 10.0 Å². The van der Waals surface area contributed by atoms with Crippen molar-refractivity contribution in [2.75, 3.05) is 23.3 Å². The van der Waals surface area contributed by atoms with Crippen LogP contribution in [0.5, 0.6) is 0 Å². The fourth-order valence-electron chi connectivity index (χ4n) is 1.56. The fraction of sp³-hybridized carbons (Fsp3) is 0.154. The number of nitrogens with one attached hydrogen (secondary N) is 2. The van der Waals surface area contributed by atoms with E-state index in [-0.39, 0.29) is 4.90 Å². The predicted octanol–water partition coefficient (Wildman–Crippen LogP) is 2.65. The Labute approximate surface area is 122 Å². The van der Waals surface area contributed by atoms with Gasteiger partial charge in [-0.25, -0.2) is 13.4 Å². The Morgan fingerprint density at radius 3 is 2.30 bits per heavy atom. The predicted molar refractivity (Wildman–Crippen MR) is 82.8 cm³/mol. The van der Waals surface area contributed by atoms with Crippen molar-refractivity contribution >= 4 is 33.3 Å². The van der Waals surface area contributed by atoms with E-state index in [0.717, 1.165) is 4.90 Å². The van der Waals surface area contributed by atoms with Crippen LogP contribution in [0.3, 0.4) is 0 Å². The van der Waals surface area contributed by atoms with Crippen molar-refractivity contribution in [2.45, 2.75) is 9.79 Å². The first-order valence-electron chi connectivity index (χ1n) is 5.86. The van der Waals surface area contributed by atoms with E-state index in [1.165, 1.54) is 12.3 Å². The molecule has 0 fully saturated rings. The fourth-order valence-corrected chi connectivity index (χ4v) is 2.97. The molecule has 0 spiro atoms. The van der Waals surface area contributed by atoms with E-state index in [1.54, 1.807) is 37.0 Å². The third kappa shape index (κ3) is 3.43. The van der Waals surface area contributed by atoms with Crippen molar-refractivity contribution in [3.05, 3.63) is 42.6 Å². The molecule has 2 rings (SSSR count). The van der Waals surface area contributed by atoms with Gasteiger partial charge in [0.1, 0.15) is 10.7 Å². The van der Waals surface area contributed by atoms with Crippen molar-refractivity contribution in [3.8, 4) is 0 Å². The van der Waals surface area contributed by atoms with Gasteiger partial charge in [0.05, 0.1) is 0 Å². The Kier molecular flexibility index (Phi) is 4.51. The van der Waals surface area contributed by atoms with Gasteiger partial charge < -0.3 is 5.32 Å². The molecule has 0 saturated heterocycles. The maximum absolute atomic E-state index is 12.2. The van der Waals surface area contributed by atoms with Crippen molar-refractivity contribution in [3.63, 3.8) is 0 Å². The highest BCUT2D eigenvalue weighted by Crippen LogP contribution is 2.20. The Bertz CT molecular complexity index is 668. The van der Waals surface area contributed by atoms with Gasteiger partial charge >= 0.3 is 0 Å². The molecule has 7 heteroatoms.